The van der Waals surface area contributed by atoms with E-state index in [1.165, 1.54) is 5.56 Å². The van der Waals surface area contributed by atoms with Crippen LogP contribution in [0.1, 0.15) is 36.9 Å². The van der Waals surface area contributed by atoms with Crippen molar-refractivity contribution in [3.63, 3.8) is 0 Å². The molecular formula is C15H22N2O2. The molecule has 1 aromatic rings. The molecule has 0 radical (unpaired) electrons. The predicted molar refractivity (Wildman–Crippen MR) is 74.6 cm³/mol. The molecule has 0 spiro atoms. The fourth-order valence-corrected chi connectivity index (χ4v) is 2.56. The van der Waals surface area contributed by atoms with Gasteiger partial charge >= 0.3 is 0 Å². The molecule has 0 aromatic heterocycles. The molecule has 0 saturated carbocycles. The van der Waals surface area contributed by atoms with Crippen molar-refractivity contribution < 1.29 is 9.90 Å². The molecule has 1 fully saturated rings. The molecule has 1 aromatic carbocycles. The highest BCUT2D eigenvalue weighted by atomic mass is 16.3. The van der Waals surface area contributed by atoms with Gasteiger partial charge in [-0.05, 0) is 24.5 Å². The molecule has 1 heterocycles. The maximum atomic E-state index is 11.4. The molecule has 1 aliphatic heterocycles. The first-order valence-electron chi connectivity index (χ1n) is 6.80. The molecule has 0 bridgehead atoms. The van der Waals surface area contributed by atoms with E-state index in [9.17, 15) is 4.79 Å². The van der Waals surface area contributed by atoms with Crippen LogP contribution in [0.4, 0.5) is 0 Å². The smallest absolute Gasteiger partial charge is 0.222 e. The highest BCUT2D eigenvalue weighted by Crippen LogP contribution is 2.18. The number of hydrogen-bond donors (Lipinski definition) is 2. The highest BCUT2D eigenvalue weighted by molar-refractivity contribution is 5.76. The van der Waals surface area contributed by atoms with Crippen LogP contribution in [0.3, 0.4) is 0 Å². The van der Waals surface area contributed by atoms with Crippen molar-refractivity contribution in [3.8, 4) is 0 Å². The Labute approximate surface area is 114 Å². The summed E-state index contributed by atoms with van der Waals surface area (Å²) in [6.45, 7) is 2.96. The summed E-state index contributed by atoms with van der Waals surface area (Å²) < 4.78 is 0. The summed E-state index contributed by atoms with van der Waals surface area (Å²) in [5, 5.41) is 12.7. The van der Waals surface area contributed by atoms with E-state index < -0.39 is 0 Å². The minimum Gasteiger partial charge on any atom is -0.392 e. The summed E-state index contributed by atoms with van der Waals surface area (Å²) in [6.07, 6.45) is 1.52. The molecule has 19 heavy (non-hydrogen) atoms. The fourth-order valence-electron chi connectivity index (χ4n) is 2.56. The molecule has 2 atom stereocenters. The molecule has 1 saturated heterocycles. The number of likely N-dealkylation sites (tertiary alicyclic amines) is 1. The van der Waals surface area contributed by atoms with Gasteiger partial charge in [0.05, 0.1) is 6.61 Å². The van der Waals surface area contributed by atoms with Gasteiger partial charge in [0.2, 0.25) is 5.91 Å². The van der Waals surface area contributed by atoms with Crippen LogP contribution in [0, 0.1) is 0 Å². The average molecular weight is 262 g/mol. The van der Waals surface area contributed by atoms with Crippen LogP contribution < -0.4 is 5.32 Å². The molecule has 104 valence electrons. The van der Waals surface area contributed by atoms with Crippen LogP contribution in [0.15, 0.2) is 24.3 Å². The number of aliphatic hydroxyl groups is 1. The van der Waals surface area contributed by atoms with Crippen molar-refractivity contribution in [2.45, 2.75) is 38.5 Å². The monoisotopic (exact) mass is 262 g/mol. The van der Waals surface area contributed by atoms with Crippen LogP contribution in [0.25, 0.3) is 0 Å². The van der Waals surface area contributed by atoms with E-state index in [0.717, 1.165) is 18.5 Å². The van der Waals surface area contributed by atoms with Crippen molar-refractivity contribution in [2.24, 2.45) is 0 Å². The Hall–Kier alpha value is -1.39. The Bertz CT molecular complexity index is 448. The van der Waals surface area contributed by atoms with Gasteiger partial charge in [-0.25, -0.2) is 0 Å². The standard InChI is InChI=1S/C15H22N2O2/c1-11(13-5-3-4-12(8-13)10-18)16-14-6-7-15(19)17(2)9-14/h3-5,8,11,14,16,18H,6-7,9-10H2,1-2H3/t11-,14-/m1/s1. The Balaban J connectivity index is 1.96. The Kier molecular flexibility index (Phi) is 4.56. The molecule has 4 nitrogen and oxygen atoms in total. The number of carbonyl (C=O) groups excluding carboxylic acids is 1. The van der Waals surface area contributed by atoms with Gasteiger partial charge in [0.25, 0.3) is 0 Å². The quantitative estimate of drug-likeness (QED) is 0.863. The number of amides is 1. The molecule has 1 amide bonds. The lowest BCUT2D eigenvalue weighted by Gasteiger charge is -2.32. The number of carbonyl (C=O) groups is 1. The predicted octanol–water partition coefficient (Wildman–Crippen LogP) is 1.45. The first kappa shape index (κ1) is 14.0. The summed E-state index contributed by atoms with van der Waals surface area (Å²) in [5.74, 6) is 0.230. The van der Waals surface area contributed by atoms with Gasteiger partial charge in [-0.15, -0.1) is 0 Å². The van der Waals surface area contributed by atoms with Crippen molar-refractivity contribution in [1.82, 2.24) is 10.2 Å². The first-order chi connectivity index (χ1) is 9.10. The Morgan fingerprint density at radius 1 is 1.53 bits per heavy atom. The summed E-state index contributed by atoms with van der Waals surface area (Å²) in [7, 11) is 1.85. The molecule has 2 rings (SSSR count). The van der Waals surface area contributed by atoms with E-state index in [2.05, 4.69) is 18.3 Å². The maximum Gasteiger partial charge on any atom is 0.222 e. The average Bonchev–Trinajstić information content (AvgIpc) is 2.43. The number of benzene rings is 1. The van der Waals surface area contributed by atoms with Gasteiger partial charge in [0.1, 0.15) is 0 Å². The molecule has 2 N–H and O–H groups in total. The lowest BCUT2D eigenvalue weighted by Crippen LogP contribution is -2.47. The Morgan fingerprint density at radius 2 is 2.32 bits per heavy atom. The molecule has 0 aliphatic carbocycles. The summed E-state index contributed by atoms with van der Waals surface area (Å²) in [6, 6.07) is 8.54. The maximum absolute atomic E-state index is 11.4. The van der Waals surface area contributed by atoms with Crippen LogP contribution >= 0.6 is 0 Å². The third kappa shape index (κ3) is 3.55. The SMILES string of the molecule is C[C@@H](N[C@@H]1CCC(=O)N(C)C1)c1cccc(CO)c1. The number of aliphatic hydroxyl groups excluding tert-OH is 1. The lowest BCUT2D eigenvalue weighted by molar-refractivity contribution is -0.132. The first-order valence-corrected chi connectivity index (χ1v) is 6.80. The molecule has 4 heteroatoms. The second kappa shape index (κ2) is 6.17. The molecular weight excluding hydrogens is 240 g/mol. The fraction of sp³-hybridized carbons (Fsp3) is 0.533. The van der Waals surface area contributed by atoms with Crippen molar-refractivity contribution in [3.05, 3.63) is 35.4 Å². The third-order valence-corrected chi connectivity index (χ3v) is 3.75. The Morgan fingerprint density at radius 3 is 3.00 bits per heavy atom. The number of piperidine rings is 1. The number of hydrogen-bond acceptors (Lipinski definition) is 3. The highest BCUT2D eigenvalue weighted by Gasteiger charge is 2.23. The van der Waals surface area contributed by atoms with Crippen LogP contribution in [-0.2, 0) is 11.4 Å². The van der Waals surface area contributed by atoms with Gasteiger partial charge in [-0.3, -0.25) is 4.79 Å². The topological polar surface area (TPSA) is 52.6 Å². The van der Waals surface area contributed by atoms with Gasteiger partial charge in [-0.1, -0.05) is 24.3 Å². The number of rotatable bonds is 4. The van der Waals surface area contributed by atoms with Gasteiger partial charge in [0, 0.05) is 32.1 Å². The lowest BCUT2D eigenvalue weighted by atomic mass is 10.0. The zero-order valence-electron chi connectivity index (χ0n) is 11.6. The van der Waals surface area contributed by atoms with E-state index in [0.29, 0.717) is 12.5 Å². The second-order valence-electron chi connectivity index (χ2n) is 5.30. The zero-order chi connectivity index (χ0) is 13.8. The van der Waals surface area contributed by atoms with Gasteiger partial charge in [0.15, 0.2) is 0 Å². The van der Waals surface area contributed by atoms with Crippen LogP contribution in [0.5, 0.6) is 0 Å². The summed E-state index contributed by atoms with van der Waals surface area (Å²) >= 11 is 0. The molecule has 1 aliphatic rings. The normalized spacial score (nSPS) is 21.5. The minimum atomic E-state index is 0.0707. The number of likely N-dealkylation sites (N-methyl/N-ethyl adjacent to an activating group) is 1. The number of nitrogens with one attached hydrogen (secondary N) is 1. The second-order valence-corrected chi connectivity index (χ2v) is 5.30. The third-order valence-electron chi connectivity index (χ3n) is 3.75. The van der Waals surface area contributed by atoms with Crippen molar-refractivity contribution >= 4 is 5.91 Å². The summed E-state index contributed by atoms with van der Waals surface area (Å²) in [5.41, 5.74) is 2.10. The van der Waals surface area contributed by atoms with E-state index in [-0.39, 0.29) is 18.6 Å². The number of nitrogens with zero attached hydrogens (tertiary/aromatic N) is 1. The van der Waals surface area contributed by atoms with E-state index >= 15 is 0 Å². The van der Waals surface area contributed by atoms with E-state index in [1.807, 2.05) is 25.2 Å². The van der Waals surface area contributed by atoms with Crippen molar-refractivity contribution in [2.75, 3.05) is 13.6 Å². The van der Waals surface area contributed by atoms with Crippen LogP contribution in [-0.4, -0.2) is 35.5 Å². The summed E-state index contributed by atoms with van der Waals surface area (Å²) in [4.78, 5) is 13.2. The van der Waals surface area contributed by atoms with Crippen LogP contribution in [0.2, 0.25) is 0 Å². The van der Waals surface area contributed by atoms with Gasteiger partial charge < -0.3 is 15.3 Å². The van der Waals surface area contributed by atoms with E-state index in [1.54, 1.807) is 4.90 Å². The zero-order valence-corrected chi connectivity index (χ0v) is 11.6. The van der Waals surface area contributed by atoms with Crippen molar-refractivity contribution in [1.29, 1.82) is 0 Å². The largest absolute Gasteiger partial charge is 0.392 e. The molecule has 0 unspecified atom stereocenters. The van der Waals surface area contributed by atoms with Gasteiger partial charge in [-0.2, -0.15) is 0 Å². The minimum absolute atomic E-state index is 0.0707. The van der Waals surface area contributed by atoms with E-state index in [4.69, 9.17) is 5.11 Å².